The van der Waals surface area contributed by atoms with Crippen molar-refractivity contribution in [1.82, 2.24) is 4.72 Å². The van der Waals surface area contributed by atoms with E-state index in [0.717, 1.165) is 16.7 Å². The van der Waals surface area contributed by atoms with Gasteiger partial charge in [0.25, 0.3) is 0 Å². The molecule has 0 amide bonds. The minimum absolute atomic E-state index is 0.0395. The lowest BCUT2D eigenvalue weighted by atomic mass is 9.99. The summed E-state index contributed by atoms with van der Waals surface area (Å²) in [6.45, 7) is 1.96. The van der Waals surface area contributed by atoms with Crippen LogP contribution in [0.5, 0.6) is 0 Å². The molecular weight excluding hydrogens is 385 g/mol. The molecule has 3 aromatic carbocycles. The summed E-state index contributed by atoms with van der Waals surface area (Å²) in [5, 5.41) is 0.0898. The maximum atomic E-state index is 14.0. The van der Waals surface area contributed by atoms with Gasteiger partial charge in [0, 0.05) is 10.6 Å². The monoisotopic (exact) mass is 403 g/mol. The first-order valence-corrected chi connectivity index (χ1v) is 10.4. The first kappa shape index (κ1) is 19.5. The molecule has 0 heterocycles. The second-order valence-corrected chi connectivity index (χ2v) is 8.49. The third-order valence-corrected chi connectivity index (χ3v) is 5.85. The summed E-state index contributed by atoms with van der Waals surface area (Å²) in [6, 6.07) is 20.4. The van der Waals surface area contributed by atoms with Crippen LogP contribution in [0.3, 0.4) is 0 Å². The minimum Gasteiger partial charge on any atom is -0.212 e. The van der Waals surface area contributed by atoms with Gasteiger partial charge in [0.2, 0.25) is 10.0 Å². The third kappa shape index (κ3) is 4.95. The molecule has 0 bridgehead atoms. The maximum absolute atomic E-state index is 14.0. The van der Waals surface area contributed by atoms with Crippen LogP contribution in [-0.2, 0) is 15.8 Å². The van der Waals surface area contributed by atoms with Gasteiger partial charge in [-0.2, -0.15) is 0 Å². The van der Waals surface area contributed by atoms with Crippen LogP contribution < -0.4 is 4.72 Å². The Morgan fingerprint density at radius 2 is 1.56 bits per heavy atom. The van der Waals surface area contributed by atoms with Crippen LogP contribution in [0.2, 0.25) is 5.02 Å². The van der Waals surface area contributed by atoms with Crippen LogP contribution >= 0.6 is 11.6 Å². The number of benzene rings is 3. The molecule has 0 unspecified atom stereocenters. The Morgan fingerprint density at radius 1 is 0.926 bits per heavy atom. The summed E-state index contributed by atoms with van der Waals surface area (Å²) >= 11 is 5.99. The largest absolute Gasteiger partial charge is 0.216 e. The van der Waals surface area contributed by atoms with Crippen LogP contribution in [0.1, 0.15) is 28.3 Å². The molecule has 1 atom stereocenters. The van der Waals surface area contributed by atoms with Crippen molar-refractivity contribution in [2.75, 3.05) is 0 Å². The van der Waals surface area contributed by atoms with Gasteiger partial charge < -0.3 is 0 Å². The lowest BCUT2D eigenvalue weighted by molar-refractivity contribution is 0.566. The highest BCUT2D eigenvalue weighted by atomic mass is 35.5. The average molecular weight is 404 g/mol. The van der Waals surface area contributed by atoms with E-state index in [1.807, 2.05) is 61.5 Å². The van der Waals surface area contributed by atoms with Crippen LogP contribution in [-0.4, -0.2) is 8.42 Å². The molecule has 0 aromatic heterocycles. The predicted octanol–water partition coefficient (Wildman–Crippen LogP) is 5.00. The second-order valence-electron chi connectivity index (χ2n) is 6.33. The lowest BCUT2D eigenvalue weighted by Gasteiger charge is -2.20. The van der Waals surface area contributed by atoms with E-state index in [2.05, 4.69) is 4.72 Å². The molecule has 0 saturated carbocycles. The van der Waals surface area contributed by atoms with E-state index in [-0.39, 0.29) is 10.6 Å². The molecule has 0 spiro atoms. The van der Waals surface area contributed by atoms with E-state index in [9.17, 15) is 12.8 Å². The van der Waals surface area contributed by atoms with Crippen molar-refractivity contribution < 1.29 is 12.8 Å². The van der Waals surface area contributed by atoms with E-state index < -0.39 is 27.6 Å². The summed E-state index contributed by atoms with van der Waals surface area (Å²) in [6.07, 6.45) is 0. The summed E-state index contributed by atoms with van der Waals surface area (Å²) in [5.74, 6) is -1.17. The first-order valence-electron chi connectivity index (χ1n) is 8.40. The van der Waals surface area contributed by atoms with Crippen LogP contribution in [0.4, 0.5) is 4.39 Å². The van der Waals surface area contributed by atoms with E-state index in [0.29, 0.717) is 0 Å². The molecule has 3 nitrogen and oxygen atoms in total. The molecular formula is C21H19ClFNO2S. The first-order chi connectivity index (χ1) is 12.9. The van der Waals surface area contributed by atoms with Gasteiger partial charge in [-0.25, -0.2) is 17.5 Å². The van der Waals surface area contributed by atoms with Crippen LogP contribution in [0.25, 0.3) is 0 Å². The number of aryl methyl sites for hydroxylation is 1. The van der Waals surface area contributed by atoms with Crippen molar-refractivity contribution in [3.8, 4) is 0 Å². The SMILES string of the molecule is Cc1ccc([C@@H](NS(=O)(=O)Cc2c(F)cccc2Cl)c2ccccc2)cc1. The molecule has 3 aromatic rings. The molecule has 1 N–H and O–H groups in total. The lowest BCUT2D eigenvalue weighted by Crippen LogP contribution is -2.30. The number of nitrogens with one attached hydrogen (secondary N) is 1. The number of rotatable bonds is 6. The Bertz CT molecular complexity index is 1000. The van der Waals surface area contributed by atoms with Gasteiger partial charge in [-0.05, 0) is 30.2 Å². The molecule has 27 heavy (non-hydrogen) atoms. The van der Waals surface area contributed by atoms with Crippen molar-refractivity contribution in [1.29, 1.82) is 0 Å². The van der Waals surface area contributed by atoms with Crippen LogP contribution in [0, 0.1) is 12.7 Å². The summed E-state index contributed by atoms with van der Waals surface area (Å²) in [7, 11) is -3.86. The summed E-state index contributed by atoms with van der Waals surface area (Å²) < 4.78 is 42.3. The van der Waals surface area contributed by atoms with Gasteiger partial charge in [-0.15, -0.1) is 0 Å². The zero-order chi connectivity index (χ0) is 19.4. The van der Waals surface area contributed by atoms with Gasteiger partial charge in [0.1, 0.15) is 5.82 Å². The summed E-state index contributed by atoms with van der Waals surface area (Å²) in [5.41, 5.74) is 2.63. The Labute approximate surface area is 163 Å². The van der Waals surface area contributed by atoms with E-state index in [4.69, 9.17) is 11.6 Å². The normalized spacial score (nSPS) is 12.7. The van der Waals surface area contributed by atoms with Crippen molar-refractivity contribution in [2.24, 2.45) is 0 Å². The zero-order valence-corrected chi connectivity index (χ0v) is 16.3. The van der Waals surface area contributed by atoms with Crippen molar-refractivity contribution in [3.63, 3.8) is 0 Å². The van der Waals surface area contributed by atoms with Crippen molar-refractivity contribution in [3.05, 3.63) is 106 Å². The highest BCUT2D eigenvalue weighted by Crippen LogP contribution is 2.26. The molecule has 0 aliphatic carbocycles. The molecule has 0 saturated heterocycles. The van der Waals surface area contributed by atoms with Gasteiger partial charge in [-0.3, -0.25) is 0 Å². The third-order valence-electron chi connectivity index (χ3n) is 4.24. The van der Waals surface area contributed by atoms with E-state index in [1.54, 1.807) is 0 Å². The number of hydrogen-bond donors (Lipinski definition) is 1. The second kappa shape index (κ2) is 8.21. The average Bonchev–Trinajstić information content (AvgIpc) is 2.65. The molecule has 0 aliphatic rings. The fraction of sp³-hybridized carbons (Fsp3) is 0.143. The van der Waals surface area contributed by atoms with Crippen molar-refractivity contribution >= 4 is 21.6 Å². The number of halogens is 2. The molecule has 3 rings (SSSR count). The van der Waals surface area contributed by atoms with Crippen LogP contribution in [0.15, 0.2) is 72.8 Å². The fourth-order valence-electron chi connectivity index (χ4n) is 2.81. The van der Waals surface area contributed by atoms with Gasteiger partial charge in [0.05, 0.1) is 11.8 Å². The predicted molar refractivity (Wildman–Crippen MR) is 107 cm³/mol. The fourth-order valence-corrected chi connectivity index (χ4v) is 4.51. The highest BCUT2D eigenvalue weighted by Gasteiger charge is 2.23. The summed E-state index contributed by atoms with van der Waals surface area (Å²) in [4.78, 5) is 0. The van der Waals surface area contributed by atoms with Gasteiger partial charge >= 0.3 is 0 Å². The van der Waals surface area contributed by atoms with E-state index >= 15 is 0 Å². The standard InChI is InChI=1S/C21H19ClFNO2S/c1-15-10-12-17(13-11-15)21(16-6-3-2-4-7-16)24-27(25,26)14-18-19(22)8-5-9-20(18)23/h2-13,21,24H,14H2,1H3/t21-/m0/s1. The van der Waals surface area contributed by atoms with E-state index in [1.165, 1.54) is 18.2 Å². The van der Waals surface area contributed by atoms with Crippen molar-refractivity contribution in [2.45, 2.75) is 18.7 Å². The topological polar surface area (TPSA) is 46.2 Å². The molecule has 0 aliphatic heterocycles. The minimum atomic E-state index is -3.86. The van der Waals surface area contributed by atoms with Gasteiger partial charge in [0.15, 0.2) is 0 Å². The molecule has 0 fully saturated rings. The number of hydrogen-bond acceptors (Lipinski definition) is 2. The Balaban J connectivity index is 1.95. The Kier molecular flexibility index (Phi) is 5.95. The highest BCUT2D eigenvalue weighted by molar-refractivity contribution is 7.88. The molecule has 0 radical (unpaired) electrons. The smallest absolute Gasteiger partial charge is 0.212 e. The Hall–Kier alpha value is -2.21. The molecule has 140 valence electrons. The zero-order valence-electron chi connectivity index (χ0n) is 14.7. The van der Waals surface area contributed by atoms with Gasteiger partial charge in [-0.1, -0.05) is 77.8 Å². The molecule has 6 heteroatoms. The Morgan fingerprint density at radius 3 is 2.19 bits per heavy atom. The maximum Gasteiger partial charge on any atom is 0.216 e. The quantitative estimate of drug-likeness (QED) is 0.629. The number of sulfonamides is 1.